The van der Waals surface area contributed by atoms with Crippen molar-refractivity contribution in [3.8, 4) is 5.88 Å². The van der Waals surface area contributed by atoms with Crippen LogP contribution in [0.2, 0.25) is 0 Å². The summed E-state index contributed by atoms with van der Waals surface area (Å²) in [4.78, 5) is 39.2. The quantitative estimate of drug-likeness (QED) is 0.541. The first-order chi connectivity index (χ1) is 15.6. The summed E-state index contributed by atoms with van der Waals surface area (Å²) in [6.45, 7) is 2.26. The summed E-state index contributed by atoms with van der Waals surface area (Å²) in [5.41, 5.74) is 2.13. The van der Waals surface area contributed by atoms with Crippen LogP contribution in [0, 0.1) is 6.92 Å². The second kappa shape index (κ2) is 10.1. The number of alkyl halides is 3. The third-order valence-electron chi connectivity index (χ3n) is 5.14. The van der Waals surface area contributed by atoms with Crippen molar-refractivity contribution in [1.29, 1.82) is 0 Å². The average Bonchev–Trinajstić information content (AvgIpc) is 3.09. The normalized spacial score (nSPS) is 14.2. The second-order valence-corrected chi connectivity index (χ2v) is 7.59. The van der Waals surface area contributed by atoms with Gasteiger partial charge in [0.05, 0.1) is 35.7 Å². The van der Waals surface area contributed by atoms with Crippen molar-refractivity contribution in [2.45, 2.75) is 45.5 Å². The van der Waals surface area contributed by atoms with Gasteiger partial charge in [-0.15, -0.1) is 0 Å². The Morgan fingerprint density at radius 3 is 2.79 bits per heavy atom. The third-order valence-corrected chi connectivity index (χ3v) is 5.14. The highest BCUT2D eigenvalue weighted by Crippen LogP contribution is 2.32. The molecule has 2 aromatic heterocycles. The van der Waals surface area contributed by atoms with Crippen LogP contribution in [0.3, 0.4) is 0 Å². The Labute approximate surface area is 188 Å². The van der Waals surface area contributed by atoms with Gasteiger partial charge in [0.25, 0.3) is 5.91 Å². The number of carbonyl (C=O) groups excluding carboxylic acids is 2. The summed E-state index contributed by atoms with van der Waals surface area (Å²) in [5.74, 6) is -0.754. The van der Waals surface area contributed by atoms with E-state index in [2.05, 4.69) is 25.0 Å². The number of fused-ring (bicyclic) bond motifs is 1. The van der Waals surface area contributed by atoms with Crippen molar-refractivity contribution in [3.05, 3.63) is 46.7 Å². The molecule has 0 radical (unpaired) electrons. The minimum absolute atomic E-state index is 0.00570. The molecule has 0 spiro atoms. The van der Waals surface area contributed by atoms with E-state index < -0.39 is 18.8 Å². The Balaban J connectivity index is 1.73. The highest BCUT2D eigenvalue weighted by Gasteiger charge is 2.35. The van der Waals surface area contributed by atoms with Crippen LogP contribution in [0.4, 0.5) is 13.2 Å². The number of rotatable bonds is 9. The van der Waals surface area contributed by atoms with Gasteiger partial charge >= 0.3 is 6.18 Å². The first-order valence-corrected chi connectivity index (χ1v) is 10.3. The fraction of sp³-hybridized carbons (Fsp3) is 0.476. The summed E-state index contributed by atoms with van der Waals surface area (Å²) in [7, 11) is 0. The molecule has 0 bridgehead atoms. The van der Waals surface area contributed by atoms with Crippen LogP contribution in [-0.2, 0) is 17.8 Å². The third kappa shape index (κ3) is 5.95. The zero-order chi connectivity index (χ0) is 24.2. The smallest absolute Gasteiger partial charge is 0.422 e. The topological polar surface area (TPSA) is 118 Å². The van der Waals surface area contributed by atoms with E-state index in [1.165, 1.54) is 19.3 Å². The van der Waals surface area contributed by atoms with Gasteiger partial charge in [-0.05, 0) is 26.3 Å². The molecule has 2 aromatic rings. The van der Waals surface area contributed by atoms with E-state index in [-0.39, 0.29) is 43.0 Å². The number of nitrogens with zero attached hydrogens (tertiary/aromatic N) is 4. The maximum atomic E-state index is 13.0. The van der Waals surface area contributed by atoms with Crippen molar-refractivity contribution in [2.24, 2.45) is 0 Å². The zero-order valence-electron chi connectivity index (χ0n) is 18.1. The maximum Gasteiger partial charge on any atom is 0.422 e. The molecule has 178 valence electrons. The van der Waals surface area contributed by atoms with Gasteiger partial charge in [-0.25, -0.2) is 9.97 Å². The van der Waals surface area contributed by atoms with Gasteiger partial charge in [-0.2, -0.15) is 13.2 Å². The molecule has 9 nitrogen and oxygen atoms in total. The van der Waals surface area contributed by atoms with Gasteiger partial charge < -0.3 is 20.1 Å². The predicted molar refractivity (Wildman–Crippen MR) is 109 cm³/mol. The summed E-state index contributed by atoms with van der Waals surface area (Å²) in [5, 5.41) is 11.5. The van der Waals surface area contributed by atoms with E-state index in [0.717, 1.165) is 0 Å². The summed E-state index contributed by atoms with van der Waals surface area (Å²) in [6, 6.07) is 1.06. The van der Waals surface area contributed by atoms with Crippen molar-refractivity contribution in [2.75, 3.05) is 19.8 Å². The van der Waals surface area contributed by atoms with Gasteiger partial charge in [-0.1, -0.05) is 0 Å². The molecule has 1 unspecified atom stereocenters. The molecule has 1 aliphatic heterocycles. The van der Waals surface area contributed by atoms with Crippen LogP contribution in [0.5, 0.6) is 5.88 Å². The Kier molecular flexibility index (Phi) is 7.46. The minimum atomic E-state index is -4.49. The fourth-order valence-corrected chi connectivity index (χ4v) is 3.44. The fourth-order valence-electron chi connectivity index (χ4n) is 3.44. The second-order valence-electron chi connectivity index (χ2n) is 7.59. The standard InChI is InChI=1S/C21H24F3N5O4/c1-12-19(33-11-21(22,23)24)27-9-17(28-12)13(2)29-10-15-14(20(29)32)4-6-25-16(15)8-18(31)26-5-3-7-30/h4,6,9,13,30H,3,5,7-8,10-11H2,1-2H3,(H,26,31). The Hall–Kier alpha value is -3.28. The minimum Gasteiger partial charge on any atom is -0.467 e. The molecule has 1 aliphatic rings. The molecule has 0 aliphatic carbocycles. The number of aromatic nitrogens is 3. The van der Waals surface area contributed by atoms with Crippen LogP contribution < -0.4 is 10.1 Å². The monoisotopic (exact) mass is 467 g/mol. The highest BCUT2D eigenvalue weighted by molar-refractivity contribution is 5.99. The van der Waals surface area contributed by atoms with Gasteiger partial charge in [0, 0.05) is 37.0 Å². The summed E-state index contributed by atoms with van der Waals surface area (Å²) >= 11 is 0. The molecule has 3 heterocycles. The van der Waals surface area contributed by atoms with Crippen LogP contribution >= 0.6 is 0 Å². The predicted octanol–water partition coefficient (Wildman–Crippen LogP) is 1.88. The lowest BCUT2D eigenvalue weighted by atomic mass is 10.1. The first kappa shape index (κ1) is 24.4. The molecule has 0 aromatic carbocycles. The summed E-state index contributed by atoms with van der Waals surface area (Å²) < 4.78 is 41.9. The molecule has 2 N–H and O–H groups in total. The van der Waals surface area contributed by atoms with E-state index in [1.807, 2.05) is 0 Å². The lowest BCUT2D eigenvalue weighted by Gasteiger charge is -2.24. The molecule has 3 rings (SSSR count). The van der Waals surface area contributed by atoms with Gasteiger partial charge in [0.15, 0.2) is 6.61 Å². The molecule has 0 saturated heterocycles. The van der Waals surface area contributed by atoms with E-state index in [1.54, 1.807) is 17.9 Å². The largest absolute Gasteiger partial charge is 0.467 e. The molecule has 12 heteroatoms. The number of carbonyl (C=O) groups is 2. The Morgan fingerprint density at radius 1 is 1.36 bits per heavy atom. The average molecular weight is 467 g/mol. The number of hydrogen-bond donors (Lipinski definition) is 2. The SMILES string of the molecule is Cc1nc(C(C)N2Cc3c(ccnc3CC(=O)NCCCO)C2=O)cnc1OCC(F)(F)F. The van der Waals surface area contributed by atoms with Crippen LogP contribution in [0.1, 0.15) is 52.4 Å². The number of hydrogen-bond acceptors (Lipinski definition) is 7. The number of ether oxygens (including phenoxy) is 1. The van der Waals surface area contributed by atoms with Crippen molar-refractivity contribution in [3.63, 3.8) is 0 Å². The number of halogens is 3. The van der Waals surface area contributed by atoms with Crippen molar-refractivity contribution < 1.29 is 32.6 Å². The van der Waals surface area contributed by atoms with Gasteiger partial charge in [0.2, 0.25) is 11.8 Å². The molecule has 0 fully saturated rings. The highest BCUT2D eigenvalue weighted by atomic mass is 19.4. The number of aliphatic hydroxyl groups excluding tert-OH is 1. The van der Waals surface area contributed by atoms with E-state index in [0.29, 0.717) is 35.5 Å². The Morgan fingerprint density at radius 2 is 2.12 bits per heavy atom. The molecular weight excluding hydrogens is 443 g/mol. The van der Waals surface area contributed by atoms with Gasteiger partial charge in [0.1, 0.15) is 0 Å². The number of pyridine rings is 1. The van der Waals surface area contributed by atoms with Crippen molar-refractivity contribution in [1.82, 2.24) is 25.2 Å². The molecule has 2 amide bonds. The molecule has 0 saturated carbocycles. The van der Waals surface area contributed by atoms with E-state index in [9.17, 15) is 22.8 Å². The maximum absolute atomic E-state index is 13.0. The van der Waals surface area contributed by atoms with Crippen LogP contribution in [0.25, 0.3) is 0 Å². The van der Waals surface area contributed by atoms with E-state index >= 15 is 0 Å². The zero-order valence-corrected chi connectivity index (χ0v) is 18.1. The number of aryl methyl sites for hydroxylation is 1. The first-order valence-electron chi connectivity index (χ1n) is 10.3. The van der Waals surface area contributed by atoms with Crippen LogP contribution in [0.15, 0.2) is 18.5 Å². The Bertz CT molecular complexity index is 1030. The van der Waals surface area contributed by atoms with Gasteiger partial charge in [-0.3, -0.25) is 14.6 Å². The summed E-state index contributed by atoms with van der Waals surface area (Å²) in [6.07, 6.45) is -1.30. The number of aliphatic hydroxyl groups is 1. The lowest BCUT2D eigenvalue weighted by molar-refractivity contribution is -0.154. The molecular formula is C21H24F3N5O4. The lowest BCUT2D eigenvalue weighted by Crippen LogP contribution is -2.28. The number of nitrogens with one attached hydrogen (secondary N) is 1. The van der Waals surface area contributed by atoms with Crippen LogP contribution in [-0.4, -0.2) is 62.7 Å². The molecule has 1 atom stereocenters. The van der Waals surface area contributed by atoms with Crippen molar-refractivity contribution >= 4 is 11.8 Å². The number of amides is 2. The molecule has 33 heavy (non-hydrogen) atoms. The van der Waals surface area contributed by atoms with E-state index in [4.69, 9.17) is 5.11 Å².